The van der Waals surface area contributed by atoms with Gasteiger partial charge in [-0.2, -0.15) is 0 Å². The maximum Gasteiger partial charge on any atom is 0.407 e. The number of aryl methyl sites for hydroxylation is 1. The molecule has 0 saturated heterocycles. The topological polar surface area (TPSA) is 101 Å². The molecule has 30 heavy (non-hydrogen) atoms. The minimum atomic E-state index is -1.15. The Bertz CT molecular complexity index is 1050. The summed E-state index contributed by atoms with van der Waals surface area (Å²) in [5, 5.41) is 11.9. The number of carboxylic acid groups (broad SMARTS) is 1. The number of aliphatic carboxylic acids is 1. The van der Waals surface area contributed by atoms with Crippen molar-refractivity contribution >= 4 is 12.1 Å². The van der Waals surface area contributed by atoms with Gasteiger partial charge >= 0.3 is 12.1 Å². The zero-order chi connectivity index (χ0) is 21.1. The van der Waals surface area contributed by atoms with Crippen LogP contribution in [-0.4, -0.2) is 39.8 Å². The number of aromatic nitrogens is 2. The molecule has 0 radical (unpaired) electrons. The monoisotopic (exact) mass is 403 g/mol. The fourth-order valence-corrected chi connectivity index (χ4v) is 3.81. The van der Waals surface area contributed by atoms with Gasteiger partial charge in [0.15, 0.2) is 0 Å². The van der Waals surface area contributed by atoms with Crippen molar-refractivity contribution in [1.82, 2.24) is 15.3 Å². The predicted molar refractivity (Wildman–Crippen MR) is 110 cm³/mol. The standard InChI is InChI=1S/C23H21N3O4/c1-14-11-24-13-25-20(14)10-21(22(27)28)26-23(29)30-12-19-17-8-4-2-6-15(17)16-7-3-5-9-18(16)19/h2-9,11,13,19,21H,10,12H2,1H3,(H,26,29)(H,27,28)/t21-/m0/s1. The van der Waals surface area contributed by atoms with Crippen LogP contribution in [0.2, 0.25) is 0 Å². The Morgan fingerprint density at radius 1 is 1.10 bits per heavy atom. The molecule has 0 spiro atoms. The van der Waals surface area contributed by atoms with Gasteiger partial charge in [-0.15, -0.1) is 0 Å². The smallest absolute Gasteiger partial charge is 0.407 e. The van der Waals surface area contributed by atoms with E-state index in [4.69, 9.17) is 4.74 Å². The molecule has 1 heterocycles. The quantitative estimate of drug-likeness (QED) is 0.655. The number of amides is 1. The lowest BCUT2D eigenvalue weighted by Crippen LogP contribution is -2.43. The van der Waals surface area contributed by atoms with Gasteiger partial charge in [0.2, 0.25) is 0 Å². The molecule has 2 N–H and O–H groups in total. The highest BCUT2D eigenvalue weighted by Crippen LogP contribution is 2.44. The van der Waals surface area contributed by atoms with E-state index >= 15 is 0 Å². The van der Waals surface area contributed by atoms with E-state index in [2.05, 4.69) is 27.4 Å². The van der Waals surface area contributed by atoms with Gasteiger partial charge in [0.05, 0.1) is 0 Å². The van der Waals surface area contributed by atoms with Gasteiger partial charge in [-0.25, -0.2) is 19.6 Å². The summed E-state index contributed by atoms with van der Waals surface area (Å²) in [5.41, 5.74) is 5.78. The maximum atomic E-state index is 12.4. The number of alkyl carbamates (subject to hydrolysis) is 1. The number of nitrogens with zero attached hydrogens (tertiary/aromatic N) is 2. The summed E-state index contributed by atoms with van der Waals surface area (Å²) in [7, 11) is 0. The lowest BCUT2D eigenvalue weighted by Gasteiger charge is -2.17. The Morgan fingerprint density at radius 2 is 1.73 bits per heavy atom. The number of benzene rings is 2. The van der Waals surface area contributed by atoms with E-state index in [1.54, 1.807) is 13.1 Å². The molecule has 7 nitrogen and oxygen atoms in total. The fourth-order valence-electron chi connectivity index (χ4n) is 3.81. The Morgan fingerprint density at radius 3 is 2.33 bits per heavy atom. The lowest BCUT2D eigenvalue weighted by molar-refractivity contribution is -0.139. The molecule has 7 heteroatoms. The van der Waals surface area contributed by atoms with E-state index in [1.165, 1.54) is 6.33 Å². The summed E-state index contributed by atoms with van der Waals surface area (Å²) in [6.45, 7) is 1.92. The van der Waals surface area contributed by atoms with Gasteiger partial charge in [-0.05, 0) is 34.7 Å². The lowest BCUT2D eigenvalue weighted by atomic mass is 9.98. The van der Waals surface area contributed by atoms with Crippen LogP contribution in [0.5, 0.6) is 0 Å². The third-order valence-corrected chi connectivity index (χ3v) is 5.33. The van der Waals surface area contributed by atoms with Crippen molar-refractivity contribution in [2.45, 2.75) is 25.3 Å². The number of hydrogen-bond acceptors (Lipinski definition) is 5. The first-order valence-electron chi connectivity index (χ1n) is 9.64. The number of fused-ring (bicyclic) bond motifs is 3. The first kappa shape index (κ1) is 19.6. The SMILES string of the molecule is Cc1cncnc1C[C@H](NC(=O)OCC1c2ccccc2-c2ccccc21)C(=O)O. The van der Waals surface area contributed by atoms with Crippen LogP contribution in [0.1, 0.15) is 28.3 Å². The van der Waals surface area contributed by atoms with Crippen molar-refractivity contribution in [3.05, 3.63) is 83.4 Å². The zero-order valence-electron chi connectivity index (χ0n) is 16.4. The number of hydrogen-bond donors (Lipinski definition) is 2. The average Bonchev–Trinajstić information content (AvgIpc) is 3.07. The Hall–Kier alpha value is -3.74. The normalized spacial score (nSPS) is 13.2. The number of rotatable bonds is 6. The highest BCUT2D eigenvalue weighted by Gasteiger charge is 2.30. The summed E-state index contributed by atoms with van der Waals surface area (Å²) in [6.07, 6.45) is 2.24. The average molecular weight is 403 g/mol. The molecule has 2 aromatic carbocycles. The van der Waals surface area contributed by atoms with Crippen molar-refractivity contribution in [3.8, 4) is 11.1 Å². The summed E-state index contributed by atoms with van der Waals surface area (Å²) < 4.78 is 5.44. The molecule has 4 rings (SSSR count). The third-order valence-electron chi connectivity index (χ3n) is 5.33. The van der Waals surface area contributed by atoms with Crippen LogP contribution in [0.25, 0.3) is 11.1 Å². The van der Waals surface area contributed by atoms with Crippen molar-refractivity contribution in [2.24, 2.45) is 0 Å². The van der Waals surface area contributed by atoms with E-state index in [9.17, 15) is 14.7 Å². The molecule has 1 atom stereocenters. The molecule has 0 fully saturated rings. The third kappa shape index (κ3) is 3.87. The van der Waals surface area contributed by atoms with Crippen molar-refractivity contribution in [1.29, 1.82) is 0 Å². The van der Waals surface area contributed by atoms with Crippen LogP contribution in [0.4, 0.5) is 4.79 Å². The van der Waals surface area contributed by atoms with Gasteiger partial charge < -0.3 is 15.2 Å². The molecule has 3 aromatic rings. The highest BCUT2D eigenvalue weighted by molar-refractivity contribution is 5.81. The van der Waals surface area contributed by atoms with Crippen molar-refractivity contribution < 1.29 is 19.4 Å². The highest BCUT2D eigenvalue weighted by atomic mass is 16.5. The minimum Gasteiger partial charge on any atom is -0.480 e. The Labute approximate surface area is 173 Å². The molecule has 1 aliphatic rings. The molecule has 0 saturated carbocycles. The predicted octanol–water partition coefficient (Wildman–Crippen LogP) is 3.32. The molecule has 1 amide bonds. The van der Waals surface area contributed by atoms with Crippen LogP contribution >= 0.6 is 0 Å². The minimum absolute atomic E-state index is 0.0495. The maximum absolute atomic E-state index is 12.4. The molecule has 152 valence electrons. The number of carbonyl (C=O) groups excluding carboxylic acids is 1. The van der Waals surface area contributed by atoms with Crippen molar-refractivity contribution in [3.63, 3.8) is 0 Å². The van der Waals surface area contributed by atoms with E-state index in [1.807, 2.05) is 36.4 Å². The second-order valence-corrected chi connectivity index (χ2v) is 7.22. The second kappa shape index (κ2) is 8.32. The van der Waals surface area contributed by atoms with E-state index in [0.717, 1.165) is 27.8 Å². The number of ether oxygens (including phenoxy) is 1. The molecule has 0 unspecified atom stereocenters. The fraction of sp³-hybridized carbons (Fsp3) is 0.217. The number of carbonyl (C=O) groups is 2. The summed E-state index contributed by atoms with van der Waals surface area (Å²) in [4.78, 5) is 32.0. The summed E-state index contributed by atoms with van der Waals surface area (Å²) >= 11 is 0. The Kier molecular flexibility index (Phi) is 5.43. The first-order chi connectivity index (χ1) is 14.5. The van der Waals surface area contributed by atoms with Gasteiger partial charge in [0, 0.05) is 24.2 Å². The zero-order valence-corrected chi connectivity index (χ0v) is 16.4. The largest absolute Gasteiger partial charge is 0.480 e. The van der Waals surface area contributed by atoms with Crippen LogP contribution < -0.4 is 5.32 Å². The van der Waals surface area contributed by atoms with Gasteiger partial charge in [-0.3, -0.25) is 0 Å². The molecule has 1 aliphatic carbocycles. The molecule has 0 aliphatic heterocycles. The van der Waals surface area contributed by atoms with Crippen LogP contribution in [0, 0.1) is 6.92 Å². The van der Waals surface area contributed by atoms with Gasteiger partial charge in [-0.1, -0.05) is 48.5 Å². The summed E-state index contributed by atoms with van der Waals surface area (Å²) in [6, 6.07) is 14.9. The van der Waals surface area contributed by atoms with Crippen molar-refractivity contribution in [2.75, 3.05) is 6.61 Å². The van der Waals surface area contributed by atoms with Crippen LogP contribution in [-0.2, 0) is 16.0 Å². The van der Waals surface area contributed by atoms with E-state index in [-0.39, 0.29) is 18.9 Å². The van der Waals surface area contributed by atoms with E-state index < -0.39 is 18.1 Å². The number of nitrogens with one attached hydrogen (secondary N) is 1. The van der Waals surface area contributed by atoms with Gasteiger partial charge in [0.25, 0.3) is 0 Å². The van der Waals surface area contributed by atoms with Gasteiger partial charge in [0.1, 0.15) is 19.0 Å². The van der Waals surface area contributed by atoms with Crippen LogP contribution in [0.3, 0.4) is 0 Å². The summed E-state index contributed by atoms with van der Waals surface area (Å²) in [5.74, 6) is -1.24. The molecule has 0 bridgehead atoms. The molecular weight excluding hydrogens is 382 g/mol. The van der Waals surface area contributed by atoms with E-state index in [0.29, 0.717) is 5.69 Å². The first-order valence-corrected chi connectivity index (χ1v) is 9.64. The number of carboxylic acids is 1. The second-order valence-electron chi connectivity index (χ2n) is 7.22. The molecule has 1 aromatic heterocycles. The van der Waals surface area contributed by atoms with Crippen LogP contribution in [0.15, 0.2) is 61.1 Å². The molecular formula is C23H21N3O4. The Balaban J connectivity index is 1.44.